The summed E-state index contributed by atoms with van der Waals surface area (Å²) in [5.41, 5.74) is 4.20. The highest BCUT2D eigenvalue weighted by molar-refractivity contribution is 7.98. The molecule has 0 unspecified atom stereocenters. The van der Waals surface area contributed by atoms with Crippen LogP contribution in [0, 0.1) is 0 Å². The molecule has 0 bridgehead atoms. The Bertz CT molecular complexity index is 591. The maximum Gasteiger partial charge on any atom is 0.221 e. The van der Waals surface area contributed by atoms with E-state index >= 15 is 0 Å². The van der Waals surface area contributed by atoms with E-state index in [1.807, 2.05) is 24.4 Å². The summed E-state index contributed by atoms with van der Waals surface area (Å²) >= 11 is 1.79. The zero-order valence-corrected chi connectivity index (χ0v) is 10.1. The van der Waals surface area contributed by atoms with Gasteiger partial charge in [-0.3, -0.25) is 9.89 Å². The van der Waals surface area contributed by atoms with Crippen LogP contribution in [0.25, 0.3) is 11.3 Å². The lowest BCUT2D eigenvalue weighted by Crippen LogP contribution is -2.06. The van der Waals surface area contributed by atoms with Crippen LogP contribution in [0.5, 0.6) is 0 Å². The van der Waals surface area contributed by atoms with Crippen LogP contribution in [0.1, 0.15) is 12.5 Å². The summed E-state index contributed by atoms with van der Waals surface area (Å²) in [5.74, 6) is 0.886. The molecule has 0 atom stereocenters. The van der Waals surface area contributed by atoms with Crippen molar-refractivity contribution in [3.05, 3.63) is 30.0 Å². The molecule has 17 heavy (non-hydrogen) atoms. The number of hydrogen-bond acceptors (Lipinski definition) is 3. The van der Waals surface area contributed by atoms with Gasteiger partial charge in [-0.15, -0.1) is 11.8 Å². The number of rotatable bonds is 1. The number of amides is 1. The van der Waals surface area contributed by atoms with Gasteiger partial charge >= 0.3 is 0 Å². The Labute approximate surface area is 103 Å². The quantitative estimate of drug-likeness (QED) is 0.812. The predicted molar refractivity (Wildman–Crippen MR) is 67.9 cm³/mol. The first-order valence-corrected chi connectivity index (χ1v) is 6.29. The first kappa shape index (κ1) is 10.4. The second kappa shape index (κ2) is 3.92. The van der Waals surface area contributed by atoms with Crippen LogP contribution < -0.4 is 5.32 Å². The summed E-state index contributed by atoms with van der Waals surface area (Å²) in [7, 11) is 0. The van der Waals surface area contributed by atoms with E-state index < -0.39 is 0 Å². The smallest absolute Gasteiger partial charge is 0.221 e. The van der Waals surface area contributed by atoms with Crippen LogP contribution in [0.3, 0.4) is 0 Å². The van der Waals surface area contributed by atoms with Crippen molar-refractivity contribution in [2.75, 3.05) is 5.32 Å². The van der Waals surface area contributed by atoms with Crippen LogP contribution in [0.4, 0.5) is 5.69 Å². The highest BCUT2D eigenvalue weighted by atomic mass is 32.2. The monoisotopic (exact) mass is 245 g/mol. The summed E-state index contributed by atoms with van der Waals surface area (Å²) in [4.78, 5) is 12.3. The number of thioether (sulfide) groups is 1. The number of aromatic amines is 1. The van der Waals surface area contributed by atoms with E-state index in [-0.39, 0.29) is 5.91 Å². The molecule has 0 radical (unpaired) electrons. The van der Waals surface area contributed by atoms with Crippen LogP contribution in [-0.2, 0) is 10.5 Å². The SMILES string of the molecule is CC(=O)Nc1ccc2c(c1)-c1[nH]ncc1CS2. The minimum absolute atomic E-state index is 0.0572. The number of anilines is 1. The van der Waals surface area contributed by atoms with Gasteiger partial charge in [0.15, 0.2) is 0 Å². The first-order valence-electron chi connectivity index (χ1n) is 5.31. The molecule has 0 aliphatic carbocycles. The van der Waals surface area contributed by atoms with Crippen molar-refractivity contribution in [2.45, 2.75) is 17.6 Å². The third kappa shape index (κ3) is 1.82. The number of carbonyl (C=O) groups is 1. The molecule has 2 heterocycles. The van der Waals surface area contributed by atoms with E-state index in [0.29, 0.717) is 0 Å². The van der Waals surface area contributed by atoms with Gasteiger partial charge in [0.25, 0.3) is 0 Å². The van der Waals surface area contributed by atoms with Gasteiger partial charge in [0.2, 0.25) is 5.91 Å². The zero-order chi connectivity index (χ0) is 11.8. The molecule has 5 heteroatoms. The minimum Gasteiger partial charge on any atom is -0.326 e. The van der Waals surface area contributed by atoms with Crippen molar-refractivity contribution >= 4 is 23.4 Å². The number of nitrogens with one attached hydrogen (secondary N) is 2. The molecule has 86 valence electrons. The maximum atomic E-state index is 11.0. The van der Waals surface area contributed by atoms with Gasteiger partial charge < -0.3 is 5.32 Å². The fraction of sp³-hybridized carbons (Fsp3) is 0.167. The molecule has 0 fully saturated rings. The summed E-state index contributed by atoms with van der Waals surface area (Å²) in [6, 6.07) is 5.95. The molecule has 1 aliphatic heterocycles. The first-order chi connectivity index (χ1) is 8.24. The zero-order valence-electron chi connectivity index (χ0n) is 9.28. The van der Waals surface area contributed by atoms with Gasteiger partial charge in [0.1, 0.15) is 0 Å². The number of hydrogen-bond donors (Lipinski definition) is 2. The summed E-state index contributed by atoms with van der Waals surface area (Å²) < 4.78 is 0. The van der Waals surface area contributed by atoms with E-state index in [1.165, 1.54) is 17.4 Å². The van der Waals surface area contributed by atoms with Crippen molar-refractivity contribution in [3.63, 3.8) is 0 Å². The normalized spacial score (nSPS) is 12.8. The van der Waals surface area contributed by atoms with Gasteiger partial charge in [-0.05, 0) is 18.2 Å². The molecule has 0 saturated heterocycles. The average molecular weight is 245 g/mol. The molecule has 4 nitrogen and oxygen atoms in total. The number of fused-ring (bicyclic) bond motifs is 3. The van der Waals surface area contributed by atoms with Gasteiger partial charge in [-0.1, -0.05) is 0 Å². The number of H-pyrrole nitrogens is 1. The van der Waals surface area contributed by atoms with Gasteiger partial charge in [-0.25, -0.2) is 0 Å². The second-order valence-electron chi connectivity index (χ2n) is 3.95. The lowest BCUT2D eigenvalue weighted by Gasteiger charge is -2.16. The van der Waals surface area contributed by atoms with Crippen LogP contribution in [0.2, 0.25) is 0 Å². The van der Waals surface area contributed by atoms with Crippen molar-refractivity contribution in [2.24, 2.45) is 0 Å². The molecule has 1 aromatic carbocycles. The number of aromatic nitrogens is 2. The standard InChI is InChI=1S/C12H11N3OS/c1-7(16)14-9-2-3-11-10(4-9)12-8(6-17-11)5-13-15-12/h2-5H,6H2,1H3,(H,13,15)(H,14,16). The van der Waals surface area contributed by atoms with E-state index in [0.717, 1.165) is 22.7 Å². The predicted octanol–water partition coefficient (Wildman–Crippen LogP) is 2.64. The maximum absolute atomic E-state index is 11.0. The minimum atomic E-state index is -0.0572. The molecule has 2 N–H and O–H groups in total. The fourth-order valence-corrected chi connectivity index (χ4v) is 2.95. The van der Waals surface area contributed by atoms with E-state index in [4.69, 9.17) is 0 Å². The largest absolute Gasteiger partial charge is 0.326 e. The van der Waals surface area contributed by atoms with Crippen molar-refractivity contribution in [1.29, 1.82) is 0 Å². The highest BCUT2D eigenvalue weighted by Gasteiger charge is 2.18. The second-order valence-corrected chi connectivity index (χ2v) is 4.97. The Balaban J connectivity index is 2.08. The Morgan fingerprint density at radius 1 is 1.53 bits per heavy atom. The third-order valence-corrected chi connectivity index (χ3v) is 3.79. The molecule has 0 saturated carbocycles. The van der Waals surface area contributed by atoms with Gasteiger partial charge in [0.05, 0.1) is 11.9 Å². The fourth-order valence-electron chi connectivity index (χ4n) is 1.94. The topological polar surface area (TPSA) is 57.8 Å². The van der Waals surface area contributed by atoms with Crippen molar-refractivity contribution in [1.82, 2.24) is 10.2 Å². The van der Waals surface area contributed by atoms with Crippen molar-refractivity contribution < 1.29 is 4.79 Å². The van der Waals surface area contributed by atoms with Gasteiger partial charge in [-0.2, -0.15) is 5.10 Å². The Morgan fingerprint density at radius 3 is 3.24 bits per heavy atom. The Kier molecular flexibility index (Phi) is 2.40. The average Bonchev–Trinajstić information content (AvgIpc) is 2.76. The summed E-state index contributed by atoms with van der Waals surface area (Å²) in [6.45, 7) is 1.51. The van der Waals surface area contributed by atoms with Crippen LogP contribution in [0.15, 0.2) is 29.3 Å². The third-order valence-electron chi connectivity index (χ3n) is 2.67. The van der Waals surface area contributed by atoms with Crippen LogP contribution >= 0.6 is 11.8 Å². The molecular weight excluding hydrogens is 234 g/mol. The van der Waals surface area contributed by atoms with E-state index in [1.54, 1.807) is 11.8 Å². The molecule has 1 aromatic heterocycles. The molecular formula is C12H11N3OS. The van der Waals surface area contributed by atoms with E-state index in [2.05, 4.69) is 15.5 Å². The van der Waals surface area contributed by atoms with Crippen LogP contribution in [-0.4, -0.2) is 16.1 Å². The Morgan fingerprint density at radius 2 is 2.41 bits per heavy atom. The number of nitrogens with zero attached hydrogens (tertiary/aromatic N) is 1. The Hall–Kier alpha value is -1.75. The van der Waals surface area contributed by atoms with Gasteiger partial charge in [0, 0.05) is 34.4 Å². The molecule has 1 amide bonds. The molecule has 1 aliphatic rings. The highest BCUT2D eigenvalue weighted by Crippen LogP contribution is 2.41. The lowest BCUT2D eigenvalue weighted by atomic mass is 10.1. The number of carbonyl (C=O) groups excluding carboxylic acids is 1. The molecule has 3 rings (SSSR count). The van der Waals surface area contributed by atoms with Crippen molar-refractivity contribution in [3.8, 4) is 11.3 Å². The van der Waals surface area contributed by atoms with E-state index in [9.17, 15) is 4.79 Å². The summed E-state index contributed by atoms with van der Waals surface area (Å²) in [5, 5.41) is 9.88. The summed E-state index contributed by atoms with van der Waals surface area (Å²) in [6.07, 6.45) is 1.86. The molecule has 2 aromatic rings. The number of benzene rings is 1. The lowest BCUT2D eigenvalue weighted by molar-refractivity contribution is -0.114. The molecule has 0 spiro atoms.